The summed E-state index contributed by atoms with van der Waals surface area (Å²) in [5.41, 5.74) is 1.77. The van der Waals surface area contributed by atoms with Crippen LogP contribution in [-0.4, -0.2) is 18.5 Å². The molecule has 0 saturated heterocycles. The first-order valence-electron chi connectivity index (χ1n) is 11.6. The molecule has 1 aliphatic carbocycles. The number of anilines is 1. The Morgan fingerprint density at radius 1 is 1.25 bits per heavy atom. The number of fused-ring (bicyclic) bond motifs is 1. The van der Waals surface area contributed by atoms with Crippen molar-refractivity contribution in [3.05, 3.63) is 51.9 Å². The Labute approximate surface area is 194 Å². The molecule has 1 N–H and O–H groups in total. The maximum absolute atomic E-state index is 13.0. The third-order valence-corrected chi connectivity index (χ3v) is 7.53. The summed E-state index contributed by atoms with van der Waals surface area (Å²) in [7, 11) is 0. The summed E-state index contributed by atoms with van der Waals surface area (Å²) in [5.74, 6) is -0.516. The van der Waals surface area contributed by atoms with Gasteiger partial charge in [-0.25, -0.2) is 4.79 Å². The van der Waals surface area contributed by atoms with Crippen LogP contribution in [0.25, 0.3) is 0 Å². The van der Waals surface area contributed by atoms with Gasteiger partial charge in [0, 0.05) is 17.2 Å². The van der Waals surface area contributed by atoms with Crippen LogP contribution in [0.4, 0.5) is 5.00 Å². The van der Waals surface area contributed by atoms with E-state index in [4.69, 9.17) is 4.74 Å². The third-order valence-electron chi connectivity index (χ3n) is 6.38. The number of thiophene rings is 1. The molecule has 2 unspecified atom stereocenters. The number of ether oxygens (including phenoxy) is 1. The Morgan fingerprint density at radius 3 is 2.62 bits per heavy atom. The molecule has 1 heterocycles. The van der Waals surface area contributed by atoms with Crippen LogP contribution in [0.2, 0.25) is 0 Å². The Hall–Kier alpha value is -2.65. The number of nitrogens with zero attached hydrogens (tertiary/aromatic N) is 1. The first kappa shape index (κ1) is 24.0. The fraction of sp³-hybridized carbons (Fsp3) is 0.500. The van der Waals surface area contributed by atoms with Gasteiger partial charge in [0.2, 0.25) is 5.91 Å². The molecule has 0 fully saturated rings. The van der Waals surface area contributed by atoms with Crippen LogP contribution in [0.3, 0.4) is 0 Å². The van der Waals surface area contributed by atoms with Gasteiger partial charge in [0.1, 0.15) is 5.00 Å². The van der Waals surface area contributed by atoms with Crippen LogP contribution in [0.1, 0.15) is 79.2 Å². The number of carbonyl (C=O) groups excluding carboxylic acids is 2. The van der Waals surface area contributed by atoms with Gasteiger partial charge < -0.3 is 10.1 Å². The Bertz CT molecular complexity index is 992. The van der Waals surface area contributed by atoms with Crippen LogP contribution in [-0.2, 0) is 27.8 Å². The molecule has 1 amide bonds. The highest BCUT2D eigenvalue weighted by atomic mass is 32.1. The van der Waals surface area contributed by atoms with E-state index in [9.17, 15) is 14.9 Å². The number of amides is 1. The smallest absolute Gasteiger partial charge is 0.341 e. The molecule has 1 aromatic heterocycles. The van der Waals surface area contributed by atoms with E-state index in [1.54, 1.807) is 6.92 Å². The minimum Gasteiger partial charge on any atom is -0.462 e. The van der Waals surface area contributed by atoms with Gasteiger partial charge in [0.05, 0.1) is 23.7 Å². The fourth-order valence-electron chi connectivity index (χ4n) is 4.48. The largest absolute Gasteiger partial charge is 0.462 e. The maximum Gasteiger partial charge on any atom is 0.341 e. The maximum atomic E-state index is 13.0. The fourth-order valence-corrected chi connectivity index (χ4v) is 5.83. The molecule has 170 valence electrons. The number of esters is 1. The molecule has 5 nitrogen and oxygen atoms in total. The lowest BCUT2D eigenvalue weighted by Gasteiger charge is -2.31. The van der Waals surface area contributed by atoms with E-state index < -0.39 is 11.4 Å². The summed E-state index contributed by atoms with van der Waals surface area (Å²) in [5, 5.41) is 13.7. The molecular formula is C26H32N2O3S. The molecule has 1 aliphatic rings. The van der Waals surface area contributed by atoms with E-state index in [0.717, 1.165) is 41.7 Å². The third kappa shape index (κ3) is 4.88. The second-order valence-corrected chi connectivity index (χ2v) is 9.51. The summed E-state index contributed by atoms with van der Waals surface area (Å²) >= 11 is 1.42. The molecule has 3 rings (SSSR count). The summed E-state index contributed by atoms with van der Waals surface area (Å²) in [6, 6.07) is 12.4. The van der Waals surface area contributed by atoms with Crippen LogP contribution < -0.4 is 5.32 Å². The summed E-state index contributed by atoms with van der Waals surface area (Å²) in [6.07, 6.45) is 5.40. The van der Waals surface area contributed by atoms with Crippen LogP contribution in [0.5, 0.6) is 0 Å². The van der Waals surface area contributed by atoms with E-state index >= 15 is 0 Å². The van der Waals surface area contributed by atoms with Gasteiger partial charge in [-0.2, -0.15) is 5.26 Å². The second kappa shape index (κ2) is 10.8. The van der Waals surface area contributed by atoms with Gasteiger partial charge >= 0.3 is 5.97 Å². The van der Waals surface area contributed by atoms with Crippen LogP contribution >= 0.6 is 11.3 Å². The monoisotopic (exact) mass is 452 g/mol. The molecular weight excluding hydrogens is 420 g/mol. The Kier molecular flexibility index (Phi) is 8.09. The van der Waals surface area contributed by atoms with Crippen molar-refractivity contribution in [3.63, 3.8) is 0 Å². The first-order chi connectivity index (χ1) is 15.5. The van der Waals surface area contributed by atoms with Crippen LogP contribution in [0, 0.1) is 17.2 Å². The van der Waals surface area contributed by atoms with Crippen molar-refractivity contribution in [2.24, 2.45) is 5.92 Å². The van der Waals surface area contributed by atoms with Crippen LogP contribution in [0.15, 0.2) is 30.3 Å². The van der Waals surface area contributed by atoms with Crippen molar-refractivity contribution in [3.8, 4) is 6.07 Å². The lowest BCUT2D eigenvalue weighted by Crippen LogP contribution is -2.31. The lowest BCUT2D eigenvalue weighted by atomic mass is 9.70. The molecule has 0 spiro atoms. The number of nitriles is 1. The average Bonchev–Trinajstić information content (AvgIpc) is 3.16. The lowest BCUT2D eigenvalue weighted by molar-refractivity contribution is -0.120. The van der Waals surface area contributed by atoms with Gasteiger partial charge in [-0.1, -0.05) is 57.0 Å². The van der Waals surface area contributed by atoms with Gasteiger partial charge in [-0.3, -0.25) is 4.79 Å². The van der Waals surface area contributed by atoms with Gasteiger partial charge in [0.15, 0.2) is 0 Å². The summed E-state index contributed by atoms with van der Waals surface area (Å²) in [6.45, 7) is 6.19. The quantitative estimate of drug-likeness (QED) is 0.471. The topological polar surface area (TPSA) is 79.2 Å². The van der Waals surface area contributed by atoms with E-state index in [2.05, 4.69) is 18.3 Å². The highest BCUT2D eigenvalue weighted by Gasteiger charge is 2.40. The van der Waals surface area contributed by atoms with Crippen molar-refractivity contribution >= 4 is 28.2 Å². The first-order valence-corrected chi connectivity index (χ1v) is 12.4. The zero-order valence-corrected chi connectivity index (χ0v) is 20.0. The molecule has 2 atom stereocenters. The molecule has 0 radical (unpaired) electrons. The number of carbonyl (C=O) groups is 2. The molecule has 6 heteroatoms. The number of unbranched alkanes of at least 4 members (excludes halogenated alkanes) is 1. The summed E-state index contributed by atoms with van der Waals surface area (Å²) < 4.78 is 5.34. The molecule has 32 heavy (non-hydrogen) atoms. The zero-order valence-electron chi connectivity index (χ0n) is 19.2. The van der Waals surface area contributed by atoms with Crippen molar-refractivity contribution < 1.29 is 14.3 Å². The molecule has 2 aromatic rings. The van der Waals surface area contributed by atoms with Gasteiger partial charge in [-0.05, 0) is 43.7 Å². The number of benzene rings is 1. The average molecular weight is 453 g/mol. The van der Waals surface area contributed by atoms with E-state index in [1.807, 2.05) is 37.3 Å². The Morgan fingerprint density at radius 2 is 2.00 bits per heavy atom. The molecule has 0 aliphatic heterocycles. The Balaban J connectivity index is 1.96. The summed E-state index contributed by atoms with van der Waals surface area (Å²) in [4.78, 5) is 26.8. The number of nitrogens with one attached hydrogen (secondary N) is 1. The number of rotatable bonds is 9. The van der Waals surface area contributed by atoms with Crippen molar-refractivity contribution in [2.75, 3.05) is 11.9 Å². The minimum atomic E-state index is -0.626. The highest BCUT2D eigenvalue weighted by Crippen LogP contribution is 2.45. The van der Waals surface area contributed by atoms with E-state index in [1.165, 1.54) is 11.3 Å². The molecule has 0 bridgehead atoms. The van der Waals surface area contributed by atoms with E-state index in [-0.39, 0.29) is 18.4 Å². The normalized spacial score (nSPS) is 18.3. The highest BCUT2D eigenvalue weighted by molar-refractivity contribution is 7.17. The number of hydrogen-bond acceptors (Lipinski definition) is 5. The van der Waals surface area contributed by atoms with Gasteiger partial charge in [0.25, 0.3) is 0 Å². The minimum absolute atomic E-state index is 0.0419. The van der Waals surface area contributed by atoms with E-state index in [0.29, 0.717) is 29.8 Å². The molecule has 1 aromatic carbocycles. The predicted molar refractivity (Wildman–Crippen MR) is 128 cm³/mol. The predicted octanol–water partition coefficient (Wildman–Crippen LogP) is 6.03. The standard InChI is InChI=1S/C26H32N2O3S/c1-4-7-11-18(5-2)23(29)28-24-22(25(30)31-6-3)20-14-15-26(17-27,16-21(20)32-24)19-12-9-8-10-13-19/h8-10,12-13,18H,4-7,11,14-16H2,1-3H3,(H,28,29). The molecule has 0 saturated carbocycles. The zero-order chi connectivity index (χ0) is 23.1. The van der Waals surface area contributed by atoms with Crippen molar-refractivity contribution in [1.82, 2.24) is 0 Å². The van der Waals surface area contributed by atoms with Crippen molar-refractivity contribution in [2.45, 2.75) is 71.1 Å². The van der Waals surface area contributed by atoms with Crippen molar-refractivity contribution in [1.29, 1.82) is 5.26 Å². The SMILES string of the molecule is CCCCC(CC)C(=O)Nc1sc2c(c1C(=O)OCC)CCC(C#N)(c1ccccc1)C2. The van der Waals surface area contributed by atoms with Gasteiger partial charge in [-0.15, -0.1) is 11.3 Å². The number of hydrogen-bond donors (Lipinski definition) is 1. The second-order valence-electron chi connectivity index (χ2n) is 8.40.